The largest absolute Gasteiger partial charge is 0.426 e. The Bertz CT molecular complexity index is 1280. The standard InChI is InChI=1S/C27H29N5O3/c33-27(29-12-13-31-14-16-35-17-15-31)21-6-8-23(9-7-21)30-26-24-19-28-11-10-22(24)18-25(32(26)34)20-4-2-1-3-5-20/h1-11,18,28,34H,12-17,19H2,(H,29,33). The lowest BCUT2D eigenvalue weighted by molar-refractivity contribution is 0.0383. The first-order valence-electron chi connectivity index (χ1n) is 11.9. The number of hydrogen-bond acceptors (Lipinski definition) is 6. The third-order valence-electron chi connectivity index (χ3n) is 6.25. The number of hydrogen-bond donors (Lipinski definition) is 3. The summed E-state index contributed by atoms with van der Waals surface area (Å²) in [5, 5.41) is 17.3. The van der Waals surface area contributed by atoms with Gasteiger partial charge in [0, 0.05) is 49.4 Å². The third-order valence-corrected chi connectivity index (χ3v) is 6.25. The molecule has 8 heteroatoms. The number of morpholine rings is 1. The van der Waals surface area contributed by atoms with Crippen LogP contribution < -0.4 is 16.1 Å². The zero-order valence-electron chi connectivity index (χ0n) is 19.5. The summed E-state index contributed by atoms with van der Waals surface area (Å²) in [5.74, 6) is -0.111. The van der Waals surface area contributed by atoms with E-state index in [1.165, 1.54) is 0 Å². The van der Waals surface area contributed by atoms with Crippen molar-refractivity contribution in [3.05, 3.63) is 89.0 Å². The topological polar surface area (TPSA) is 91.1 Å². The average molecular weight is 472 g/mol. The van der Waals surface area contributed by atoms with Crippen LogP contribution in [0, 0.1) is 0 Å². The maximum atomic E-state index is 12.6. The van der Waals surface area contributed by atoms with Gasteiger partial charge in [-0.25, -0.2) is 4.99 Å². The van der Waals surface area contributed by atoms with Crippen LogP contribution in [0.15, 0.2) is 71.9 Å². The molecule has 5 rings (SSSR count). The first-order valence-corrected chi connectivity index (χ1v) is 11.9. The molecule has 0 spiro atoms. The van der Waals surface area contributed by atoms with Gasteiger partial charge in [0.25, 0.3) is 5.91 Å². The van der Waals surface area contributed by atoms with Crippen molar-refractivity contribution in [1.82, 2.24) is 20.3 Å². The molecule has 0 atom stereocenters. The van der Waals surface area contributed by atoms with Crippen molar-refractivity contribution in [3.63, 3.8) is 0 Å². The minimum Gasteiger partial charge on any atom is -0.426 e. The summed E-state index contributed by atoms with van der Waals surface area (Å²) in [6, 6.07) is 18.8. The number of carbonyl (C=O) groups is 1. The smallest absolute Gasteiger partial charge is 0.251 e. The fourth-order valence-electron chi connectivity index (χ4n) is 4.30. The fraction of sp³-hybridized carbons (Fsp3) is 0.259. The van der Waals surface area contributed by atoms with Crippen LogP contribution in [0.5, 0.6) is 0 Å². The molecule has 2 aliphatic rings. The van der Waals surface area contributed by atoms with Crippen LogP contribution in [0.3, 0.4) is 0 Å². The Balaban J connectivity index is 1.37. The minimum atomic E-state index is -0.111. The summed E-state index contributed by atoms with van der Waals surface area (Å²) in [4.78, 5) is 19.6. The molecule has 0 radical (unpaired) electrons. The Morgan fingerprint density at radius 1 is 1.09 bits per heavy atom. The van der Waals surface area contributed by atoms with Crippen LogP contribution in [0.1, 0.15) is 21.5 Å². The molecular weight excluding hydrogens is 442 g/mol. The van der Waals surface area contributed by atoms with Gasteiger partial charge < -0.3 is 20.6 Å². The highest BCUT2D eigenvalue weighted by molar-refractivity contribution is 5.94. The Kier molecular flexibility index (Phi) is 6.92. The molecule has 8 nitrogen and oxygen atoms in total. The van der Waals surface area contributed by atoms with E-state index in [0.717, 1.165) is 54.3 Å². The average Bonchev–Trinajstić information content (AvgIpc) is 2.91. The van der Waals surface area contributed by atoms with Crippen molar-refractivity contribution >= 4 is 17.7 Å². The maximum Gasteiger partial charge on any atom is 0.251 e. The number of nitrogens with zero attached hydrogens (tertiary/aromatic N) is 3. The number of amides is 1. The summed E-state index contributed by atoms with van der Waals surface area (Å²) in [6.45, 7) is 5.25. The van der Waals surface area contributed by atoms with Crippen LogP contribution in [0.25, 0.3) is 17.3 Å². The molecule has 0 unspecified atom stereocenters. The normalized spacial score (nSPS) is 15.9. The second kappa shape index (κ2) is 10.6. The Hall–Kier alpha value is -3.88. The quantitative estimate of drug-likeness (QED) is 0.481. The van der Waals surface area contributed by atoms with Crippen LogP contribution in [-0.4, -0.2) is 60.1 Å². The Morgan fingerprint density at radius 3 is 2.63 bits per heavy atom. The molecule has 35 heavy (non-hydrogen) atoms. The molecule has 0 bridgehead atoms. The van der Waals surface area contributed by atoms with Crippen molar-refractivity contribution < 1.29 is 14.7 Å². The van der Waals surface area contributed by atoms with E-state index in [0.29, 0.717) is 35.5 Å². The summed E-state index contributed by atoms with van der Waals surface area (Å²) >= 11 is 0. The van der Waals surface area contributed by atoms with Crippen molar-refractivity contribution in [3.8, 4) is 11.3 Å². The molecule has 1 amide bonds. The minimum absolute atomic E-state index is 0.111. The number of rotatable bonds is 6. The molecular formula is C27H29N5O3. The lowest BCUT2D eigenvalue weighted by atomic mass is 10.0. The van der Waals surface area contributed by atoms with Gasteiger partial charge >= 0.3 is 0 Å². The van der Waals surface area contributed by atoms with Gasteiger partial charge in [0.05, 0.1) is 24.6 Å². The zero-order valence-corrected chi connectivity index (χ0v) is 19.5. The summed E-state index contributed by atoms with van der Waals surface area (Å²) in [7, 11) is 0. The van der Waals surface area contributed by atoms with Gasteiger partial charge in [-0.3, -0.25) is 9.69 Å². The van der Waals surface area contributed by atoms with Gasteiger partial charge in [-0.15, -0.1) is 0 Å². The highest BCUT2D eigenvalue weighted by atomic mass is 16.5. The SMILES string of the molecule is O=C(NCCN1CCOCC1)c1ccc(N=c2c3c(cc(-c4ccccc4)n2O)C=CNC3)cc1. The first kappa shape index (κ1) is 22.9. The molecule has 3 heterocycles. The maximum absolute atomic E-state index is 12.6. The van der Waals surface area contributed by atoms with Crippen LogP contribution in [0.2, 0.25) is 0 Å². The van der Waals surface area contributed by atoms with Gasteiger partial charge in [0.15, 0.2) is 5.49 Å². The summed E-state index contributed by atoms with van der Waals surface area (Å²) in [5.41, 5.74) is 5.15. The number of ether oxygens (including phenoxy) is 1. The number of fused-ring (bicyclic) bond motifs is 1. The van der Waals surface area contributed by atoms with Gasteiger partial charge in [-0.2, -0.15) is 4.73 Å². The number of nitrogens with one attached hydrogen (secondary N) is 2. The van der Waals surface area contributed by atoms with E-state index in [9.17, 15) is 10.0 Å². The molecule has 3 N–H and O–H groups in total. The van der Waals surface area contributed by atoms with E-state index in [4.69, 9.17) is 9.73 Å². The van der Waals surface area contributed by atoms with Crippen molar-refractivity contribution in [2.75, 3.05) is 39.4 Å². The lowest BCUT2D eigenvalue weighted by Crippen LogP contribution is -2.41. The second-order valence-electron chi connectivity index (χ2n) is 8.55. The Labute approximate surface area is 204 Å². The number of benzene rings is 2. The molecule has 2 aromatic carbocycles. The van der Waals surface area contributed by atoms with Crippen molar-refractivity contribution in [2.45, 2.75) is 6.54 Å². The van der Waals surface area contributed by atoms with E-state index < -0.39 is 0 Å². The van der Waals surface area contributed by atoms with E-state index in [2.05, 4.69) is 15.5 Å². The van der Waals surface area contributed by atoms with Gasteiger partial charge in [-0.1, -0.05) is 30.3 Å². The van der Waals surface area contributed by atoms with E-state index in [1.807, 2.05) is 48.7 Å². The number of carbonyl (C=O) groups excluding carboxylic acids is 1. The second-order valence-corrected chi connectivity index (χ2v) is 8.55. The van der Waals surface area contributed by atoms with Crippen molar-refractivity contribution in [1.29, 1.82) is 0 Å². The van der Waals surface area contributed by atoms with Gasteiger partial charge in [-0.05, 0) is 48.2 Å². The molecule has 1 aromatic heterocycles. The highest BCUT2D eigenvalue weighted by Gasteiger charge is 2.15. The molecule has 3 aromatic rings. The monoisotopic (exact) mass is 471 g/mol. The molecule has 180 valence electrons. The predicted octanol–water partition coefficient (Wildman–Crippen LogP) is 2.76. The fourth-order valence-corrected chi connectivity index (χ4v) is 4.30. The Morgan fingerprint density at radius 2 is 1.86 bits per heavy atom. The van der Waals surface area contributed by atoms with E-state index in [-0.39, 0.29) is 5.91 Å². The highest BCUT2D eigenvalue weighted by Crippen LogP contribution is 2.22. The number of pyridine rings is 1. The molecule has 1 saturated heterocycles. The van der Waals surface area contributed by atoms with Gasteiger partial charge in [0.2, 0.25) is 0 Å². The van der Waals surface area contributed by atoms with E-state index >= 15 is 0 Å². The van der Waals surface area contributed by atoms with Crippen LogP contribution in [-0.2, 0) is 11.3 Å². The third kappa shape index (κ3) is 5.29. The molecule has 0 aliphatic carbocycles. The van der Waals surface area contributed by atoms with Crippen LogP contribution in [0.4, 0.5) is 5.69 Å². The van der Waals surface area contributed by atoms with E-state index in [1.54, 1.807) is 24.3 Å². The summed E-state index contributed by atoms with van der Waals surface area (Å²) < 4.78 is 6.50. The number of aromatic nitrogens is 1. The van der Waals surface area contributed by atoms with Crippen LogP contribution >= 0.6 is 0 Å². The molecule has 2 aliphatic heterocycles. The zero-order chi connectivity index (χ0) is 24.0. The lowest BCUT2D eigenvalue weighted by Gasteiger charge is -2.26. The summed E-state index contributed by atoms with van der Waals surface area (Å²) in [6.07, 6.45) is 3.88. The molecule has 0 saturated carbocycles. The molecule has 1 fully saturated rings. The van der Waals surface area contributed by atoms with Crippen molar-refractivity contribution in [2.24, 2.45) is 4.99 Å². The first-order chi connectivity index (χ1) is 17.2. The van der Waals surface area contributed by atoms with Gasteiger partial charge in [0.1, 0.15) is 0 Å². The predicted molar refractivity (Wildman–Crippen MR) is 134 cm³/mol.